The smallest absolute Gasteiger partial charge is 0.247 e. The van der Waals surface area contributed by atoms with Crippen LogP contribution in [-0.2, 0) is 4.79 Å². The lowest BCUT2D eigenvalue weighted by Gasteiger charge is -2.30. The maximum Gasteiger partial charge on any atom is 0.247 e. The number of hydrogen-bond acceptors (Lipinski definition) is 5. The van der Waals surface area contributed by atoms with E-state index >= 15 is 0 Å². The molecule has 0 spiro atoms. The van der Waals surface area contributed by atoms with Gasteiger partial charge in [0, 0.05) is 22.0 Å². The number of aryl methyl sites for hydroxylation is 1. The first kappa shape index (κ1) is 19.1. The van der Waals surface area contributed by atoms with Crippen LogP contribution in [0.4, 0.5) is 5.82 Å². The number of nitrogens with one attached hydrogen (secondary N) is 2. The molecule has 0 bridgehead atoms. The van der Waals surface area contributed by atoms with Crippen LogP contribution in [0.15, 0.2) is 64.0 Å². The number of carbonyl (C=O) groups excluding carboxylic acids is 1. The van der Waals surface area contributed by atoms with Crippen LogP contribution in [0.1, 0.15) is 35.4 Å². The fraction of sp³-hybridized carbons (Fsp3) is 0.238. The average Bonchev–Trinajstić information content (AvgIpc) is 3.11. The van der Waals surface area contributed by atoms with E-state index < -0.39 is 6.04 Å². The van der Waals surface area contributed by atoms with Gasteiger partial charge in [0.1, 0.15) is 11.8 Å². The van der Waals surface area contributed by atoms with Crippen LogP contribution in [0.5, 0.6) is 0 Å². The fourth-order valence-electron chi connectivity index (χ4n) is 3.33. The first-order valence-corrected chi connectivity index (χ1v) is 10.4. The highest BCUT2D eigenvalue weighted by molar-refractivity contribution is 7.99. The minimum atomic E-state index is -0.530. The maximum absolute atomic E-state index is 13.1. The van der Waals surface area contributed by atoms with E-state index in [0.717, 1.165) is 23.3 Å². The fourth-order valence-corrected chi connectivity index (χ4v) is 4.62. The Morgan fingerprint density at radius 3 is 2.82 bits per heavy atom. The number of rotatable bonds is 5. The summed E-state index contributed by atoms with van der Waals surface area (Å²) in [5.41, 5.74) is 2.02. The molecule has 2 N–H and O–H groups in total. The summed E-state index contributed by atoms with van der Waals surface area (Å²) >= 11 is 8.05. The van der Waals surface area contributed by atoms with E-state index in [1.54, 1.807) is 13.0 Å². The molecular weight excluding hydrogens is 394 g/mol. The molecule has 1 aliphatic heterocycles. The SMILES string of the molecule is Cc1cc(NC(=O)[C@H](N[C@@H]2CCSc3ccc(Cl)cc32)c2ccccc2)no1. The van der Waals surface area contributed by atoms with Gasteiger partial charge in [0.05, 0.1) is 0 Å². The third-order valence-electron chi connectivity index (χ3n) is 4.65. The van der Waals surface area contributed by atoms with Gasteiger partial charge in [-0.05, 0) is 48.4 Å². The van der Waals surface area contributed by atoms with Crippen LogP contribution in [-0.4, -0.2) is 16.8 Å². The van der Waals surface area contributed by atoms with Crippen molar-refractivity contribution in [1.82, 2.24) is 10.5 Å². The maximum atomic E-state index is 13.1. The molecule has 0 radical (unpaired) electrons. The van der Waals surface area contributed by atoms with Crippen molar-refractivity contribution in [2.45, 2.75) is 30.3 Å². The molecule has 1 amide bonds. The first-order valence-electron chi connectivity index (χ1n) is 9.07. The number of carbonyl (C=O) groups is 1. The molecule has 2 heterocycles. The largest absolute Gasteiger partial charge is 0.360 e. The highest BCUT2D eigenvalue weighted by atomic mass is 35.5. The zero-order chi connectivity index (χ0) is 19.5. The van der Waals surface area contributed by atoms with E-state index in [1.807, 2.05) is 60.3 Å². The van der Waals surface area contributed by atoms with E-state index in [2.05, 4.69) is 15.8 Å². The number of hydrogen-bond donors (Lipinski definition) is 2. The number of halogens is 1. The third-order valence-corrected chi connectivity index (χ3v) is 6.01. The van der Waals surface area contributed by atoms with Gasteiger partial charge < -0.3 is 9.84 Å². The standard InChI is InChI=1S/C21H20ClN3O2S/c1-13-11-19(25-27-13)24-21(26)20(14-5-3-2-4-6-14)23-17-9-10-28-18-8-7-15(22)12-16(17)18/h2-8,11-12,17,20,23H,9-10H2,1H3,(H,24,25,26)/t17-,20-/m1/s1. The van der Waals surface area contributed by atoms with Crippen LogP contribution in [0, 0.1) is 6.92 Å². The van der Waals surface area contributed by atoms with Gasteiger partial charge in [-0.1, -0.05) is 47.1 Å². The molecule has 5 nitrogen and oxygen atoms in total. The Bertz CT molecular complexity index is 977. The van der Waals surface area contributed by atoms with Crippen molar-refractivity contribution in [3.63, 3.8) is 0 Å². The van der Waals surface area contributed by atoms with E-state index in [-0.39, 0.29) is 11.9 Å². The molecule has 0 aliphatic carbocycles. The lowest BCUT2D eigenvalue weighted by atomic mass is 9.99. The van der Waals surface area contributed by atoms with Crippen molar-refractivity contribution in [2.75, 3.05) is 11.1 Å². The van der Waals surface area contributed by atoms with Gasteiger partial charge in [-0.3, -0.25) is 10.1 Å². The van der Waals surface area contributed by atoms with E-state index in [9.17, 15) is 4.79 Å². The van der Waals surface area contributed by atoms with Gasteiger partial charge in [-0.2, -0.15) is 0 Å². The van der Waals surface area contributed by atoms with Crippen LogP contribution in [0.2, 0.25) is 5.02 Å². The number of nitrogens with zero attached hydrogens (tertiary/aromatic N) is 1. The number of fused-ring (bicyclic) bond motifs is 1. The summed E-state index contributed by atoms with van der Waals surface area (Å²) in [7, 11) is 0. The summed E-state index contributed by atoms with van der Waals surface area (Å²) in [5, 5.41) is 11.0. The molecule has 0 saturated heterocycles. The summed E-state index contributed by atoms with van der Waals surface area (Å²) in [6.45, 7) is 1.79. The zero-order valence-corrected chi connectivity index (χ0v) is 16.9. The lowest BCUT2D eigenvalue weighted by Crippen LogP contribution is -2.36. The van der Waals surface area contributed by atoms with E-state index in [4.69, 9.17) is 16.1 Å². The van der Waals surface area contributed by atoms with Crippen molar-refractivity contribution < 1.29 is 9.32 Å². The number of thioether (sulfide) groups is 1. The third kappa shape index (κ3) is 4.24. The minimum absolute atomic E-state index is 0.0324. The number of aromatic nitrogens is 1. The molecule has 4 rings (SSSR count). The molecule has 28 heavy (non-hydrogen) atoms. The van der Waals surface area contributed by atoms with Gasteiger partial charge in [0.2, 0.25) is 5.91 Å². The summed E-state index contributed by atoms with van der Waals surface area (Å²) in [6.07, 6.45) is 0.914. The number of amides is 1. The summed E-state index contributed by atoms with van der Waals surface area (Å²) < 4.78 is 5.06. The van der Waals surface area contributed by atoms with Crippen LogP contribution < -0.4 is 10.6 Å². The van der Waals surface area contributed by atoms with E-state index in [0.29, 0.717) is 16.6 Å². The highest BCUT2D eigenvalue weighted by Gasteiger charge is 2.28. The normalized spacial score (nSPS) is 17.0. The second-order valence-corrected chi connectivity index (χ2v) is 8.27. The summed E-state index contributed by atoms with van der Waals surface area (Å²) in [4.78, 5) is 14.3. The molecule has 0 saturated carbocycles. The van der Waals surface area contributed by atoms with Crippen LogP contribution in [0.3, 0.4) is 0 Å². The minimum Gasteiger partial charge on any atom is -0.360 e. The topological polar surface area (TPSA) is 67.2 Å². The quantitative estimate of drug-likeness (QED) is 0.606. The van der Waals surface area contributed by atoms with Crippen LogP contribution in [0.25, 0.3) is 0 Å². The van der Waals surface area contributed by atoms with Gasteiger partial charge in [0.15, 0.2) is 5.82 Å². The van der Waals surface area contributed by atoms with Gasteiger partial charge >= 0.3 is 0 Å². The summed E-state index contributed by atoms with van der Waals surface area (Å²) in [5.74, 6) is 1.86. The predicted octanol–water partition coefficient (Wildman–Crippen LogP) is 5.14. The van der Waals surface area contributed by atoms with Crippen molar-refractivity contribution in [2.24, 2.45) is 0 Å². The monoisotopic (exact) mass is 413 g/mol. The Morgan fingerprint density at radius 1 is 1.25 bits per heavy atom. The first-order chi connectivity index (χ1) is 13.6. The molecule has 2 atom stereocenters. The van der Waals surface area contributed by atoms with Crippen molar-refractivity contribution >= 4 is 35.1 Å². The highest BCUT2D eigenvalue weighted by Crippen LogP contribution is 2.38. The molecule has 1 aliphatic rings. The molecule has 7 heteroatoms. The Labute approximate surface area is 172 Å². The van der Waals surface area contributed by atoms with Gasteiger partial charge in [-0.25, -0.2) is 0 Å². The Hall–Kier alpha value is -2.28. The van der Waals surface area contributed by atoms with Gasteiger partial charge in [-0.15, -0.1) is 11.8 Å². The molecule has 0 unspecified atom stereocenters. The lowest BCUT2D eigenvalue weighted by molar-refractivity contribution is -0.118. The van der Waals surface area contributed by atoms with Crippen molar-refractivity contribution in [3.05, 3.63) is 76.5 Å². The Morgan fingerprint density at radius 2 is 2.07 bits per heavy atom. The number of benzene rings is 2. The predicted molar refractivity (Wildman–Crippen MR) is 112 cm³/mol. The van der Waals surface area contributed by atoms with Crippen LogP contribution >= 0.6 is 23.4 Å². The van der Waals surface area contributed by atoms with E-state index in [1.165, 1.54) is 4.90 Å². The summed E-state index contributed by atoms with van der Waals surface area (Å²) in [6, 6.07) is 16.8. The Balaban J connectivity index is 1.62. The van der Waals surface area contributed by atoms with Crippen molar-refractivity contribution in [3.8, 4) is 0 Å². The molecule has 2 aromatic carbocycles. The molecule has 1 aromatic heterocycles. The van der Waals surface area contributed by atoms with Crippen molar-refractivity contribution in [1.29, 1.82) is 0 Å². The Kier molecular flexibility index (Phi) is 5.71. The second kappa shape index (κ2) is 8.39. The zero-order valence-electron chi connectivity index (χ0n) is 15.3. The molecule has 144 valence electrons. The van der Waals surface area contributed by atoms with Gasteiger partial charge in [0.25, 0.3) is 0 Å². The number of anilines is 1. The molecular formula is C21H20ClN3O2S. The second-order valence-electron chi connectivity index (χ2n) is 6.69. The molecule has 0 fully saturated rings. The average molecular weight is 414 g/mol. The molecule has 3 aromatic rings.